The van der Waals surface area contributed by atoms with Crippen LogP contribution in [0.2, 0.25) is 0 Å². The number of alkyl halides is 3. The molecule has 1 aromatic heterocycles. The summed E-state index contributed by atoms with van der Waals surface area (Å²) in [6, 6.07) is 4.50. The number of amides is 3. The van der Waals surface area contributed by atoms with Crippen LogP contribution in [0.5, 0.6) is 5.75 Å². The lowest BCUT2D eigenvalue weighted by molar-refractivity contribution is -0.274. The maximum absolute atomic E-state index is 12.3. The van der Waals surface area contributed by atoms with Crippen LogP contribution in [-0.2, 0) is 13.1 Å². The van der Waals surface area contributed by atoms with Gasteiger partial charge >= 0.3 is 12.4 Å². The molecule has 138 valence electrons. The zero-order valence-electron chi connectivity index (χ0n) is 13.4. The van der Waals surface area contributed by atoms with E-state index >= 15 is 0 Å². The van der Waals surface area contributed by atoms with Crippen molar-refractivity contribution in [3.63, 3.8) is 0 Å². The first kappa shape index (κ1) is 17.6. The van der Waals surface area contributed by atoms with Crippen LogP contribution < -0.4 is 16.2 Å². The largest absolute Gasteiger partial charge is 0.573 e. The van der Waals surface area contributed by atoms with Crippen molar-refractivity contribution in [2.75, 3.05) is 6.54 Å². The Hall–Kier alpha value is -3.17. The van der Waals surface area contributed by atoms with Gasteiger partial charge in [-0.15, -0.1) is 13.2 Å². The number of nitrogens with two attached hydrogens (primary N) is 2. The molecule has 0 unspecified atom stereocenters. The van der Waals surface area contributed by atoms with Crippen molar-refractivity contribution in [1.29, 1.82) is 0 Å². The fraction of sp³-hybridized carbons (Fsp3) is 0.250. The van der Waals surface area contributed by atoms with Gasteiger partial charge in [-0.2, -0.15) is 0 Å². The van der Waals surface area contributed by atoms with Gasteiger partial charge in [0.15, 0.2) is 0 Å². The molecule has 10 heteroatoms. The molecule has 3 amide bonds. The second-order valence-corrected chi connectivity index (χ2v) is 5.75. The third kappa shape index (κ3) is 3.44. The molecular formula is C16H15F3N4O3. The summed E-state index contributed by atoms with van der Waals surface area (Å²) >= 11 is 0. The van der Waals surface area contributed by atoms with Crippen LogP contribution in [0.4, 0.5) is 18.0 Å². The molecule has 0 saturated carbocycles. The number of primary amides is 2. The van der Waals surface area contributed by atoms with E-state index in [1.54, 1.807) is 10.8 Å². The average molecular weight is 368 g/mol. The summed E-state index contributed by atoms with van der Waals surface area (Å²) in [5.41, 5.74) is 12.5. The molecule has 0 saturated heterocycles. The van der Waals surface area contributed by atoms with Gasteiger partial charge in [0.25, 0.3) is 5.91 Å². The SMILES string of the molecule is NC(=O)c1c(-c2ccc(OC(F)(F)F)cc2)cn2c1CN(C(N)=O)CC2. The highest BCUT2D eigenvalue weighted by molar-refractivity contribution is 6.01. The second-order valence-electron chi connectivity index (χ2n) is 5.75. The molecule has 0 aliphatic carbocycles. The first-order chi connectivity index (χ1) is 12.2. The quantitative estimate of drug-likeness (QED) is 0.866. The number of carbonyl (C=O) groups excluding carboxylic acids is 2. The fourth-order valence-corrected chi connectivity index (χ4v) is 2.97. The van der Waals surface area contributed by atoms with Gasteiger partial charge in [0.1, 0.15) is 5.75 Å². The van der Waals surface area contributed by atoms with Gasteiger partial charge in [-0.25, -0.2) is 4.79 Å². The summed E-state index contributed by atoms with van der Waals surface area (Å²) in [7, 11) is 0. The molecule has 2 aromatic rings. The number of nitrogens with zero attached hydrogens (tertiary/aromatic N) is 2. The lowest BCUT2D eigenvalue weighted by atomic mass is 10.0. The minimum atomic E-state index is -4.78. The molecule has 0 fully saturated rings. The van der Waals surface area contributed by atoms with E-state index in [1.807, 2.05) is 0 Å². The summed E-state index contributed by atoms with van der Waals surface area (Å²) in [5, 5.41) is 0. The summed E-state index contributed by atoms with van der Waals surface area (Å²) in [4.78, 5) is 24.7. The van der Waals surface area contributed by atoms with Gasteiger partial charge < -0.3 is 25.7 Å². The number of fused-ring (bicyclic) bond motifs is 1. The molecule has 1 aromatic carbocycles. The number of rotatable bonds is 3. The molecule has 1 aliphatic rings. The molecule has 7 nitrogen and oxygen atoms in total. The zero-order chi connectivity index (χ0) is 19.1. The van der Waals surface area contributed by atoms with Crippen LogP contribution >= 0.6 is 0 Å². The number of halogens is 3. The van der Waals surface area contributed by atoms with E-state index < -0.39 is 18.3 Å². The minimum Gasteiger partial charge on any atom is -0.406 e. The Morgan fingerprint density at radius 3 is 2.27 bits per heavy atom. The van der Waals surface area contributed by atoms with E-state index in [4.69, 9.17) is 11.5 Å². The van der Waals surface area contributed by atoms with E-state index in [2.05, 4.69) is 4.74 Å². The van der Waals surface area contributed by atoms with Crippen molar-refractivity contribution in [1.82, 2.24) is 9.47 Å². The van der Waals surface area contributed by atoms with Crippen LogP contribution in [0, 0.1) is 0 Å². The fourth-order valence-electron chi connectivity index (χ4n) is 2.97. The van der Waals surface area contributed by atoms with Crippen LogP contribution in [0.1, 0.15) is 16.1 Å². The maximum atomic E-state index is 12.3. The molecule has 0 bridgehead atoms. The second kappa shape index (κ2) is 6.28. The highest BCUT2D eigenvalue weighted by Crippen LogP contribution is 2.32. The molecule has 0 radical (unpaired) electrons. The van der Waals surface area contributed by atoms with Crippen LogP contribution in [0.15, 0.2) is 30.5 Å². The van der Waals surface area contributed by atoms with Gasteiger partial charge in [0, 0.05) is 24.8 Å². The first-order valence-electron chi connectivity index (χ1n) is 7.58. The lowest BCUT2D eigenvalue weighted by Gasteiger charge is -2.27. The standard InChI is InChI=1S/C16H15F3N4O3/c17-16(18,19)26-10-3-1-9(2-4-10)11-7-22-5-6-23(15(21)25)8-12(22)13(11)14(20)24/h1-4,7H,5-6,8H2,(H2,20,24)(H2,21,25). The van der Waals surface area contributed by atoms with E-state index in [1.165, 1.54) is 17.0 Å². The Morgan fingerprint density at radius 2 is 1.73 bits per heavy atom. The summed E-state index contributed by atoms with van der Waals surface area (Å²) in [5.74, 6) is -1.07. The van der Waals surface area contributed by atoms with Crippen molar-refractivity contribution in [3.8, 4) is 16.9 Å². The predicted molar refractivity (Wildman–Crippen MR) is 85.1 cm³/mol. The number of urea groups is 1. The predicted octanol–water partition coefficient (Wildman–Crippen LogP) is 2.05. The Balaban J connectivity index is 1.98. The third-order valence-corrected chi connectivity index (χ3v) is 4.10. The number of aromatic nitrogens is 1. The van der Waals surface area contributed by atoms with Crippen LogP contribution in [-0.4, -0.2) is 34.3 Å². The van der Waals surface area contributed by atoms with Crippen molar-refractivity contribution < 1.29 is 27.5 Å². The molecule has 4 N–H and O–H groups in total. The molecule has 0 atom stereocenters. The summed E-state index contributed by atoms with van der Waals surface area (Å²) in [6.07, 6.45) is -3.10. The van der Waals surface area contributed by atoms with E-state index in [0.717, 1.165) is 12.1 Å². The van der Waals surface area contributed by atoms with Crippen molar-refractivity contribution in [2.45, 2.75) is 19.5 Å². The molecule has 3 rings (SSSR count). The Kier molecular flexibility index (Phi) is 4.26. The smallest absolute Gasteiger partial charge is 0.406 e. The number of hydrogen-bond donors (Lipinski definition) is 2. The summed E-state index contributed by atoms with van der Waals surface area (Å²) in [6.45, 7) is 0.934. The molecule has 1 aliphatic heterocycles. The number of ether oxygens (including phenoxy) is 1. The van der Waals surface area contributed by atoms with Gasteiger partial charge in [-0.1, -0.05) is 12.1 Å². The normalized spacial score (nSPS) is 14.0. The van der Waals surface area contributed by atoms with E-state index in [9.17, 15) is 22.8 Å². The summed E-state index contributed by atoms with van der Waals surface area (Å²) < 4.78 is 42.4. The van der Waals surface area contributed by atoms with Crippen molar-refractivity contribution in [3.05, 3.63) is 41.7 Å². The highest BCUT2D eigenvalue weighted by atomic mass is 19.4. The third-order valence-electron chi connectivity index (χ3n) is 4.10. The minimum absolute atomic E-state index is 0.128. The number of carbonyl (C=O) groups is 2. The zero-order valence-corrected chi connectivity index (χ0v) is 13.4. The van der Waals surface area contributed by atoms with Gasteiger partial charge in [0.2, 0.25) is 0 Å². The Labute approximate surface area is 145 Å². The number of hydrogen-bond acceptors (Lipinski definition) is 3. The van der Waals surface area contributed by atoms with E-state index in [-0.39, 0.29) is 17.9 Å². The Morgan fingerprint density at radius 1 is 1.08 bits per heavy atom. The van der Waals surface area contributed by atoms with Crippen LogP contribution in [0.25, 0.3) is 11.1 Å². The molecular weight excluding hydrogens is 353 g/mol. The first-order valence-corrected chi connectivity index (χ1v) is 7.58. The molecule has 0 spiro atoms. The van der Waals surface area contributed by atoms with Crippen molar-refractivity contribution >= 4 is 11.9 Å². The van der Waals surface area contributed by atoms with Crippen LogP contribution in [0.3, 0.4) is 0 Å². The van der Waals surface area contributed by atoms with Crippen molar-refractivity contribution in [2.24, 2.45) is 11.5 Å². The topological polar surface area (TPSA) is 104 Å². The lowest BCUT2D eigenvalue weighted by Crippen LogP contribution is -2.41. The monoisotopic (exact) mass is 368 g/mol. The molecule has 26 heavy (non-hydrogen) atoms. The van der Waals surface area contributed by atoms with E-state index in [0.29, 0.717) is 29.9 Å². The number of benzene rings is 1. The highest BCUT2D eigenvalue weighted by Gasteiger charge is 2.31. The molecule has 2 heterocycles. The maximum Gasteiger partial charge on any atom is 0.573 e. The Bertz CT molecular complexity index is 859. The average Bonchev–Trinajstić information content (AvgIpc) is 2.92. The van der Waals surface area contributed by atoms with Gasteiger partial charge in [-0.3, -0.25) is 4.79 Å². The van der Waals surface area contributed by atoms with Gasteiger partial charge in [-0.05, 0) is 17.7 Å². The van der Waals surface area contributed by atoms with Gasteiger partial charge in [0.05, 0.1) is 17.8 Å².